The molecule has 1 aromatic heterocycles. The lowest BCUT2D eigenvalue weighted by Gasteiger charge is -2.19. The first-order valence-electron chi connectivity index (χ1n) is 7.30. The number of carbonyl (C=O) groups is 1. The van der Waals surface area contributed by atoms with E-state index >= 15 is 0 Å². The van der Waals surface area contributed by atoms with Gasteiger partial charge < -0.3 is 9.47 Å². The van der Waals surface area contributed by atoms with E-state index in [4.69, 9.17) is 21.1 Å². The number of carbonyl (C=O) groups excluding carboxylic acids is 1. The number of benzene rings is 1. The number of fused-ring (bicyclic) bond motifs is 1. The minimum absolute atomic E-state index is 0.345. The number of hydrogen-bond acceptors (Lipinski definition) is 5. The number of nitriles is 1. The second-order valence-corrected chi connectivity index (χ2v) is 5.49. The lowest BCUT2D eigenvalue weighted by molar-refractivity contribution is -0.114. The van der Waals surface area contributed by atoms with Gasteiger partial charge in [0.2, 0.25) is 0 Å². The largest absolute Gasteiger partial charge is 0.486 e. The van der Waals surface area contributed by atoms with Crippen molar-refractivity contribution >= 4 is 23.5 Å². The van der Waals surface area contributed by atoms with Crippen molar-refractivity contribution in [3.8, 4) is 17.6 Å². The van der Waals surface area contributed by atoms with Gasteiger partial charge in [-0.15, -0.1) is 0 Å². The fourth-order valence-corrected chi connectivity index (χ4v) is 2.60. The molecule has 0 radical (unpaired) electrons. The summed E-state index contributed by atoms with van der Waals surface area (Å²) in [4.78, 5) is 16.3. The molecule has 0 fully saturated rings. The predicted molar refractivity (Wildman–Crippen MR) is 89.1 cm³/mol. The third-order valence-corrected chi connectivity index (χ3v) is 3.74. The molecule has 0 amide bonds. The SMILES string of the molecule is N#CC(C(=O)/C=C/c1cc(Cl)c2c(c1)OCCO2)c1ccccn1. The first-order valence-corrected chi connectivity index (χ1v) is 7.68. The van der Waals surface area contributed by atoms with Crippen molar-refractivity contribution in [2.75, 3.05) is 13.2 Å². The second-order valence-electron chi connectivity index (χ2n) is 5.08. The lowest BCUT2D eigenvalue weighted by atomic mass is 10.00. The van der Waals surface area contributed by atoms with E-state index in [1.807, 2.05) is 6.07 Å². The lowest BCUT2D eigenvalue weighted by Crippen LogP contribution is -2.15. The number of nitrogens with zero attached hydrogens (tertiary/aromatic N) is 2. The van der Waals surface area contributed by atoms with E-state index in [-0.39, 0.29) is 5.78 Å². The Bertz CT molecular complexity index is 828. The Morgan fingerprint density at radius 2 is 2.17 bits per heavy atom. The minimum Gasteiger partial charge on any atom is -0.486 e. The summed E-state index contributed by atoms with van der Waals surface area (Å²) in [6, 6.07) is 10.5. The molecule has 24 heavy (non-hydrogen) atoms. The molecule has 1 aliphatic heterocycles. The van der Waals surface area contributed by atoms with Gasteiger partial charge in [-0.2, -0.15) is 5.26 Å². The van der Waals surface area contributed by atoms with Gasteiger partial charge in [-0.1, -0.05) is 23.7 Å². The van der Waals surface area contributed by atoms with Crippen molar-refractivity contribution in [3.63, 3.8) is 0 Å². The van der Waals surface area contributed by atoms with Gasteiger partial charge >= 0.3 is 0 Å². The summed E-state index contributed by atoms with van der Waals surface area (Å²) in [7, 11) is 0. The zero-order valence-corrected chi connectivity index (χ0v) is 13.4. The Kier molecular flexibility index (Phi) is 4.78. The third kappa shape index (κ3) is 3.39. The highest BCUT2D eigenvalue weighted by atomic mass is 35.5. The zero-order valence-electron chi connectivity index (χ0n) is 12.6. The molecule has 0 saturated heterocycles. The Morgan fingerprint density at radius 3 is 2.92 bits per heavy atom. The summed E-state index contributed by atoms with van der Waals surface area (Å²) in [6.45, 7) is 0.903. The van der Waals surface area contributed by atoms with Gasteiger partial charge in [0.15, 0.2) is 23.2 Å². The van der Waals surface area contributed by atoms with Gasteiger partial charge in [0.25, 0.3) is 0 Å². The highest BCUT2D eigenvalue weighted by Crippen LogP contribution is 2.38. The van der Waals surface area contributed by atoms with Gasteiger partial charge in [0.1, 0.15) is 13.2 Å². The second kappa shape index (κ2) is 7.16. The number of aromatic nitrogens is 1. The molecule has 1 atom stereocenters. The average Bonchev–Trinajstić information content (AvgIpc) is 2.61. The molecule has 0 saturated carbocycles. The van der Waals surface area contributed by atoms with Crippen LogP contribution in [0.4, 0.5) is 0 Å². The molecule has 3 rings (SSSR count). The van der Waals surface area contributed by atoms with Crippen molar-refractivity contribution in [3.05, 3.63) is 58.9 Å². The number of allylic oxidation sites excluding steroid dienone is 1. The molecule has 1 unspecified atom stereocenters. The van der Waals surface area contributed by atoms with Crippen LogP contribution in [-0.4, -0.2) is 24.0 Å². The number of ether oxygens (including phenoxy) is 2. The fourth-order valence-electron chi connectivity index (χ4n) is 2.32. The van der Waals surface area contributed by atoms with Crippen molar-refractivity contribution in [1.82, 2.24) is 4.98 Å². The van der Waals surface area contributed by atoms with Gasteiger partial charge in [0, 0.05) is 6.20 Å². The predicted octanol–water partition coefficient (Wildman–Crippen LogP) is 3.40. The zero-order chi connectivity index (χ0) is 16.9. The van der Waals surface area contributed by atoms with Gasteiger partial charge in [-0.25, -0.2) is 0 Å². The molecule has 0 spiro atoms. The van der Waals surface area contributed by atoms with Gasteiger partial charge in [-0.3, -0.25) is 9.78 Å². The van der Waals surface area contributed by atoms with E-state index in [1.54, 1.807) is 42.6 Å². The average molecular weight is 341 g/mol. The quantitative estimate of drug-likeness (QED) is 0.798. The highest BCUT2D eigenvalue weighted by Gasteiger charge is 2.19. The molecular weight excluding hydrogens is 328 g/mol. The number of halogens is 1. The molecule has 0 N–H and O–H groups in total. The molecule has 120 valence electrons. The van der Waals surface area contributed by atoms with Crippen LogP contribution in [0.3, 0.4) is 0 Å². The summed E-state index contributed by atoms with van der Waals surface area (Å²) in [6.07, 6.45) is 4.50. The Labute approximate surface area is 144 Å². The number of rotatable bonds is 4. The van der Waals surface area contributed by atoms with Crippen LogP contribution in [0.15, 0.2) is 42.6 Å². The van der Waals surface area contributed by atoms with Crippen LogP contribution in [0.2, 0.25) is 5.02 Å². The number of pyridine rings is 1. The highest BCUT2D eigenvalue weighted by molar-refractivity contribution is 6.32. The summed E-state index contributed by atoms with van der Waals surface area (Å²) < 4.78 is 10.9. The van der Waals surface area contributed by atoms with Crippen molar-refractivity contribution in [2.24, 2.45) is 0 Å². The summed E-state index contributed by atoms with van der Waals surface area (Å²) in [5.41, 5.74) is 1.12. The molecule has 1 aromatic carbocycles. The van der Waals surface area contributed by atoms with Crippen LogP contribution in [-0.2, 0) is 4.79 Å². The molecular formula is C18H13ClN2O3. The molecule has 0 bridgehead atoms. The molecule has 0 aliphatic carbocycles. The van der Waals surface area contributed by atoms with Crippen LogP contribution >= 0.6 is 11.6 Å². The molecule has 6 heteroatoms. The van der Waals surface area contributed by atoms with Crippen LogP contribution in [0.25, 0.3) is 6.08 Å². The van der Waals surface area contributed by atoms with E-state index < -0.39 is 5.92 Å². The van der Waals surface area contributed by atoms with Crippen molar-refractivity contribution in [1.29, 1.82) is 5.26 Å². The Morgan fingerprint density at radius 1 is 1.33 bits per heavy atom. The van der Waals surface area contributed by atoms with E-state index in [0.29, 0.717) is 41.0 Å². The maximum Gasteiger partial charge on any atom is 0.179 e. The van der Waals surface area contributed by atoms with E-state index in [9.17, 15) is 10.1 Å². The van der Waals surface area contributed by atoms with E-state index in [0.717, 1.165) is 0 Å². The number of hydrogen-bond donors (Lipinski definition) is 0. The maximum absolute atomic E-state index is 12.3. The first kappa shape index (κ1) is 16.0. The topological polar surface area (TPSA) is 72.2 Å². The maximum atomic E-state index is 12.3. The van der Waals surface area contributed by atoms with Gasteiger partial charge in [0.05, 0.1) is 16.8 Å². The van der Waals surface area contributed by atoms with Crippen LogP contribution in [0, 0.1) is 11.3 Å². The molecule has 1 aliphatic rings. The third-order valence-electron chi connectivity index (χ3n) is 3.46. The summed E-state index contributed by atoms with van der Waals surface area (Å²) in [5, 5.41) is 9.66. The summed E-state index contributed by atoms with van der Waals surface area (Å²) >= 11 is 6.16. The first-order chi connectivity index (χ1) is 11.7. The van der Waals surface area contributed by atoms with Crippen LogP contribution < -0.4 is 9.47 Å². The standard InChI is InChI=1S/C18H13ClN2O3/c19-14-9-12(10-17-18(14)24-8-7-23-17)4-5-16(22)13(11-20)15-3-1-2-6-21-15/h1-6,9-10,13H,7-8H2/b5-4+. The fraction of sp³-hybridized carbons (Fsp3) is 0.167. The van der Waals surface area contributed by atoms with E-state index in [1.165, 1.54) is 6.08 Å². The van der Waals surface area contributed by atoms with Crippen LogP contribution in [0.5, 0.6) is 11.5 Å². The number of ketones is 1. The van der Waals surface area contributed by atoms with E-state index in [2.05, 4.69) is 4.98 Å². The molecule has 2 heterocycles. The van der Waals surface area contributed by atoms with Gasteiger partial charge in [-0.05, 0) is 35.9 Å². The monoisotopic (exact) mass is 340 g/mol. The smallest absolute Gasteiger partial charge is 0.179 e. The Hall–Kier alpha value is -2.84. The minimum atomic E-state index is -0.935. The van der Waals surface area contributed by atoms with Crippen molar-refractivity contribution in [2.45, 2.75) is 5.92 Å². The normalized spacial score (nSPS) is 14.2. The molecule has 5 nitrogen and oxygen atoms in total. The Balaban J connectivity index is 1.81. The molecule has 2 aromatic rings. The van der Waals surface area contributed by atoms with Crippen molar-refractivity contribution < 1.29 is 14.3 Å². The van der Waals surface area contributed by atoms with Crippen LogP contribution in [0.1, 0.15) is 17.2 Å². The summed E-state index contributed by atoms with van der Waals surface area (Å²) in [5.74, 6) is -0.227.